The van der Waals surface area contributed by atoms with Crippen LogP contribution >= 0.6 is 0 Å². The van der Waals surface area contributed by atoms with Crippen molar-refractivity contribution < 1.29 is 0 Å². The number of hydrogen-bond acceptors (Lipinski definition) is 2. The maximum atomic E-state index is 4.67. The van der Waals surface area contributed by atoms with Crippen molar-refractivity contribution >= 4 is 17.4 Å². The third kappa shape index (κ3) is 4.08. The van der Waals surface area contributed by atoms with Crippen LogP contribution in [-0.2, 0) is 25.7 Å². The summed E-state index contributed by atoms with van der Waals surface area (Å²) in [7, 11) is 0. The second-order valence-corrected chi connectivity index (χ2v) is 6.48. The Balaban J connectivity index is 2.58. The van der Waals surface area contributed by atoms with E-state index in [0.29, 0.717) is 0 Å². The van der Waals surface area contributed by atoms with E-state index in [-0.39, 0.29) is 0 Å². The van der Waals surface area contributed by atoms with Crippen LogP contribution < -0.4 is 0 Å². The Bertz CT molecular complexity index is 744. The van der Waals surface area contributed by atoms with E-state index in [2.05, 4.69) is 81.8 Å². The van der Waals surface area contributed by atoms with Gasteiger partial charge >= 0.3 is 0 Å². The van der Waals surface area contributed by atoms with Crippen LogP contribution in [0, 0.1) is 13.8 Å². The molecule has 2 heteroatoms. The van der Waals surface area contributed by atoms with Crippen molar-refractivity contribution in [3.05, 3.63) is 57.6 Å². The van der Waals surface area contributed by atoms with Gasteiger partial charge in [-0.3, -0.25) is 0 Å². The molecular formula is C23H30N2. The van der Waals surface area contributed by atoms with Crippen LogP contribution in [-0.4, -0.2) is 6.01 Å². The predicted octanol–water partition coefficient (Wildman–Crippen LogP) is 6.69. The van der Waals surface area contributed by atoms with Crippen molar-refractivity contribution in [3.8, 4) is 0 Å². The fraction of sp³-hybridized carbons (Fsp3) is 0.435. The standard InChI is InChI=1S/C23H30N2/c1-7-18-13-11-16(5)20(9-3)22(18)24-15-25-23-19(8-2)14-12-17(6)21(23)10-4/h11-14H,7-10H2,1-6H3. The molecular weight excluding hydrogens is 304 g/mol. The highest BCUT2D eigenvalue weighted by atomic mass is 14.8. The van der Waals surface area contributed by atoms with Gasteiger partial charge in [-0.1, -0.05) is 52.0 Å². The second kappa shape index (κ2) is 8.78. The van der Waals surface area contributed by atoms with E-state index in [4.69, 9.17) is 0 Å². The number of nitrogens with zero attached hydrogens (tertiary/aromatic N) is 2. The minimum absolute atomic E-state index is 0.971. The summed E-state index contributed by atoms with van der Waals surface area (Å²) < 4.78 is 0. The van der Waals surface area contributed by atoms with Crippen LogP contribution in [0.3, 0.4) is 0 Å². The largest absolute Gasteiger partial charge is 0.187 e. The van der Waals surface area contributed by atoms with Gasteiger partial charge in [0.25, 0.3) is 0 Å². The number of aliphatic imine (C=N–C) groups is 2. The van der Waals surface area contributed by atoms with Gasteiger partial charge in [0.15, 0.2) is 0 Å². The zero-order chi connectivity index (χ0) is 18.4. The fourth-order valence-electron chi connectivity index (χ4n) is 3.44. The third-order valence-corrected chi connectivity index (χ3v) is 4.99. The quantitative estimate of drug-likeness (QED) is 0.526. The first-order chi connectivity index (χ1) is 12.1. The maximum Gasteiger partial charge on any atom is 0.101 e. The average molecular weight is 335 g/mol. The third-order valence-electron chi connectivity index (χ3n) is 4.99. The van der Waals surface area contributed by atoms with E-state index in [9.17, 15) is 0 Å². The van der Waals surface area contributed by atoms with Crippen LogP contribution in [0.15, 0.2) is 34.3 Å². The fourth-order valence-corrected chi connectivity index (χ4v) is 3.44. The van der Waals surface area contributed by atoms with Gasteiger partial charge in [-0.2, -0.15) is 9.98 Å². The Labute approximate surface area is 152 Å². The Morgan fingerprint density at radius 2 is 1.04 bits per heavy atom. The normalized spacial score (nSPS) is 10.5. The Morgan fingerprint density at radius 3 is 1.36 bits per heavy atom. The molecule has 0 unspecified atom stereocenters. The zero-order valence-electron chi connectivity index (χ0n) is 16.5. The summed E-state index contributed by atoms with van der Waals surface area (Å²) in [6.45, 7) is 13.0. The van der Waals surface area contributed by atoms with Crippen molar-refractivity contribution in [1.29, 1.82) is 0 Å². The molecule has 0 radical (unpaired) electrons. The van der Waals surface area contributed by atoms with E-state index >= 15 is 0 Å². The van der Waals surface area contributed by atoms with Crippen LogP contribution in [0.4, 0.5) is 11.4 Å². The molecule has 0 heterocycles. The van der Waals surface area contributed by atoms with Gasteiger partial charge in [-0.25, -0.2) is 0 Å². The van der Waals surface area contributed by atoms with E-state index in [0.717, 1.165) is 37.1 Å². The number of aryl methyl sites for hydroxylation is 4. The molecule has 0 aromatic heterocycles. The molecule has 0 aliphatic rings. The molecule has 0 atom stereocenters. The van der Waals surface area contributed by atoms with Crippen LogP contribution in [0.2, 0.25) is 0 Å². The van der Waals surface area contributed by atoms with Crippen molar-refractivity contribution in [2.24, 2.45) is 9.98 Å². The Morgan fingerprint density at radius 1 is 0.640 bits per heavy atom. The van der Waals surface area contributed by atoms with Gasteiger partial charge in [0, 0.05) is 0 Å². The highest BCUT2D eigenvalue weighted by molar-refractivity contribution is 5.67. The maximum absolute atomic E-state index is 4.67. The van der Waals surface area contributed by atoms with Crippen LogP contribution in [0.25, 0.3) is 0 Å². The van der Waals surface area contributed by atoms with Gasteiger partial charge in [0.1, 0.15) is 6.01 Å². The summed E-state index contributed by atoms with van der Waals surface area (Å²) in [6, 6.07) is 11.8. The van der Waals surface area contributed by atoms with Crippen molar-refractivity contribution in [3.63, 3.8) is 0 Å². The summed E-state index contributed by atoms with van der Waals surface area (Å²) in [5.74, 6) is 0. The Kier molecular flexibility index (Phi) is 6.73. The van der Waals surface area contributed by atoms with Gasteiger partial charge in [-0.05, 0) is 72.9 Å². The molecule has 0 N–H and O–H groups in total. The van der Waals surface area contributed by atoms with E-state index in [1.54, 1.807) is 0 Å². The smallest absolute Gasteiger partial charge is 0.101 e. The second-order valence-electron chi connectivity index (χ2n) is 6.48. The van der Waals surface area contributed by atoms with Gasteiger partial charge in [0.05, 0.1) is 11.4 Å². The molecule has 25 heavy (non-hydrogen) atoms. The van der Waals surface area contributed by atoms with E-state index in [1.165, 1.54) is 33.4 Å². The lowest BCUT2D eigenvalue weighted by Gasteiger charge is -2.11. The number of rotatable bonds is 6. The molecule has 0 amide bonds. The molecule has 0 aliphatic carbocycles. The summed E-state index contributed by atoms with van der Waals surface area (Å²) >= 11 is 0. The molecule has 0 fully saturated rings. The first-order valence-electron chi connectivity index (χ1n) is 9.46. The van der Waals surface area contributed by atoms with Gasteiger partial charge in [0.2, 0.25) is 0 Å². The molecule has 2 aromatic rings. The molecule has 0 saturated heterocycles. The van der Waals surface area contributed by atoms with Crippen molar-refractivity contribution in [1.82, 2.24) is 0 Å². The zero-order valence-corrected chi connectivity index (χ0v) is 16.5. The van der Waals surface area contributed by atoms with Crippen LogP contribution in [0.1, 0.15) is 61.1 Å². The molecule has 2 aromatic carbocycles. The summed E-state index contributed by atoms with van der Waals surface area (Å²) in [5, 5.41) is 0. The van der Waals surface area contributed by atoms with Crippen molar-refractivity contribution in [2.45, 2.75) is 67.2 Å². The minimum Gasteiger partial charge on any atom is -0.187 e. The lowest BCUT2D eigenvalue weighted by atomic mass is 9.98. The number of benzene rings is 2. The van der Waals surface area contributed by atoms with E-state index < -0.39 is 0 Å². The van der Waals surface area contributed by atoms with Gasteiger partial charge < -0.3 is 0 Å². The number of hydrogen-bond donors (Lipinski definition) is 0. The molecule has 0 saturated carbocycles. The minimum atomic E-state index is 0.971. The summed E-state index contributed by atoms with van der Waals surface area (Å²) in [6.07, 6.45) is 3.90. The molecule has 0 aliphatic heterocycles. The highest BCUT2D eigenvalue weighted by Gasteiger charge is 2.09. The lowest BCUT2D eigenvalue weighted by Crippen LogP contribution is -1.93. The molecule has 0 bridgehead atoms. The average Bonchev–Trinajstić information content (AvgIpc) is 2.62. The summed E-state index contributed by atoms with van der Waals surface area (Å²) in [5.41, 5.74) is 9.82. The topological polar surface area (TPSA) is 24.7 Å². The lowest BCUT2D eigenvalue weighted by molar-refractivity contribution is 1.06. The molecule has 2 rings (SSSR count). The predicted molar refractivity (Wildman–Crippen MR) is 109 cm³/mol. The first kappa shape index (κ1) is 19.1. The Hall–Kier alpha value is -2.18. The van der Waals surface area contributed by atoms with Crippen LogP contribution in [0.5, 0.6) is 0 Å². The molecule has 132 valence electrons. The molecule has 2 nitrogen and oxygen atoms in total. The van der Waals surface area contributed by atoms with E-state index in [1.807, 2.05) is 0 Å². The first-order valence-corrected chi connectivity index (χ1v) is 9.46. The molecule has 0 spiro atoms. The summed E-state index contributed by atoms with van der Waals surface area (Å²) in [4.78, 5) is 9.34. The highest BCUT2D eigenvalue weighted by Crippen LogP contribution is 2.30. The van der Waals surface area contributed by atoms with Gasteiger partial charge in [-0.15, -0.1) is 0 Å². The van der Waals surface area contributed by atoms with Crippen molar-refractivity contribution in [2.75, 3.05) is 0 Å². The SMILES string of the molecule is CCc1ccc(C)c(CC)c1N=C=Nc1c(CC)ccc(C)c1CC. The monoisotopic (exact) mass is 334 g/mol.